The summed E-state index contributed by atoms with van der Waals surface area (Å²) in [6.45, 7) is 3.76. The van der Waals surface area contributed by atoms with Gasteiger partial charge in [-0.25, -0.2) is 4.98 Å². The van der Waals surface area contributed by atoms with Gasteiger partial charge in [0.15, 0.2) is 12.1 Å². The highest BCUT2D eigenvalue weighted by Gasteiger charge is 2.19. The minimum atomic E-state index is -0.259. The number of amides is 1. The molecule has 1 N–H and O–H groups in total. The van der Waals surface area contributed by atoms with Crippen molar-refractivity contribution >= 4 is 29.1 Å². The second-order valence-electron chi connectivity index (χ2n) is 4.75. The molecular formula is C15H16Cl2N2O2. The van der Waals surface area contributed by atoms with E-state index in [2.05, 4.69) is 17.2 Å². The molecule has 0 spiro atoms. The van der Waals surface area contributed by atoms with E-state index in [0.717, 1.165) is 18.4 Å². The number of nitrogens with zero attached hydrogens (tertiary/aromatic N) is 1. The Morgan fingerprint density at radius 1 is 1.38 bits per heavy atom. The minimum absolute atomic E-state index is 0.145. The fourth-order valence-electron chi connectivity index (χ4n) is 2.09. The van der Waals surface area contributed by atoms with Gasteiger partial charge in [0, 0.05) is 0 Å². The maximum atomic E-state index is 12.2. The fourth-order valence-corrected chi connectivity index (χ4v) is 2.40. The number of aromatic nitrogens is 1. The molecule has 0 fully saturated rings. The van der Waals surface area contributed by atoms with Crippen LogP contribution in [0.2, 0.25) is 10.0 Å². The van der Waals surface area contributed by atoms with E-state index in [-0.39, 0.29) is 11.9 Å². The molecule has 2 rings (SSSR count). The van der Waals surface area contributed by atoms with E-state index in [0.29, 0.717) is 21.5 Å². The van der Waals surface area contributed by atoms with Gasteiger partial charge in [0.2, 0.25) is 0 Å². The number of benzene rings is 1. The minimum Gasteiger partial charge on any atom is -0.448 e. The van der Waals surface area contributed by atoms with Crippen molar-refractivity contribution in [2.45, 2.75) is 32.7 Å². The number of aryl methyl sites for hydroxylation is 1. The Balaban J connectivity index is 2.21. The van der Waals surface area contributed by atoms with Crippen LogP contribution >= 0.6 is 23.2 Å². The van der Waals surface area contributed by atoms with Crippen LogP contribution in [0.1, 0.15) is 47.6 Å². The SMILES string of the molecule is CCCC(NC(=O)c1ncoc1C)c1ccc(Cl)c(Cl)c1. The van der Waals surface area contributed by atoms with Gasteiger partial charge < -0.3 is 9.73 Å². The summed E-state index contributed by atoms with van der Waals surface area (Å²) in [4.78, 5) is 16.2. The van der Waals surface area contributed by atoms with E-state index in [9.17, 15) is 4.79 Å². The zero-order valence-electron chi connectivity index (χ0n) is 11.8. The summed E-state index contributed by atoms with van der Waals surface area (Å²) in [6, 6.07) is 5.23. The summed E-state index contributed by atoms with van der Waals surface area (Å²) < 4.78 is 5.06. The first-order chi connectivity index (χ1) is 10.0. The van der Waals surface area contributed by atoms with E-state index < -0.39 is 0 Å². The van der Waals surface area contributed by atoms with E-state index in [1.54, 1.807) is 19.1 Å². The average molecular weight is 327 g/mol. The Bertz CT molecular complexity index is 640. The summed E-state index contributed by atoms with van der Waals surface area (Å²) >= 11 is 12.0. The van der Waals surface area contributed by atoms with Crippen LogP contribution in [-0.2, 0) is 0 Å². The van der Waals surface area contributed by atoms with Crippen molar-refractivity contribution < 1.29 is 9.21 Å². The highest BCUT2D eigenvalue weighted by molar-refractivity contribution is 6.42. The molecule has 4 nitrogen and oxygen atoms in total. The third-order valence-corrected chi connectivity index (χ3v) is 3.93. The van der Waals surface area contributed by atoms with Crippen molar-refractivity contribution in [3.05, 3.63) is 51.7 Å². The van der Waals surface area contributed by atoms with Gasteiger partial charge in [-0.05, 0) is 31.0 Å². The lowest BCUT2D eigenvalue weighted by molar-refractivity contribution is 0.0928. The molecule has 0 bridgehead atoms. The van der Waals surface area contributed by atoms with E-state index in [1.165, 1.54) is 6.39 Å². The third-order valence-electron chi connectivity index (χ3n) is 3.19. The molecule has 2 aromatic rings. The first kappa shape index (κ1) is 15.9. The van der Waals surface area contributed by atoms with Crippen molar-refractivity contribution in [2.75, 3.05) is 0 Å². The third kappa shape index (κ3) is 3.77. The maximum Gasteiger partial charge on any atom is 0.274 e. The standard InChI is InChI=1S/C15H16Cl2N2O2/c1-3-4-13(10-5-6-11(16)12(17)7-10)19-15(20)14-9(2)21-8-18-14/h5-8,13H,3-4H2,1-2H3,(H,19,20). The number of hydrogen-bond donors (Lipinski definition) is 1. The molecule has 1 heterocycles. The van der Waals surface area contributed by atoms with Crippen LogP contribution in [0.25, 0.3) is 0 Å². The van der Waals surface area contributed by atoms with Crippen LogP contribution in [0.4, 0.5) is 0 Å². The van der Waals surface area contributed by atoms with E-state index in [4.69, 9.17) is 27.6 Å². The number of carbonyl (C=O) groups is 1. The van der Waals surface area contributed by atoms with Crippen LogP contribution in [-0.4, -0.2) is 10.9 Å². The predicted molar refractivity (Wildman–Crippen MR) is 82.8 cm³/mol. The Morgan fingerprint density at radius 3 is 2.71 bits per heavy atom. The summed E-state index contributed by atoms with van der Waals surface area (Å²) in [5, 5.41) is 3.93. The predicted octanol–water partition coefficient (Wildman–Crippen LogP) is 4.56. The number of hydrogen-bond acceptors (Lipinski definition) is 3. The molecule has 0 aliphatic heterocycles. The molecular weight excluding hydrogens is 311 g/mol. The molecule has 1 aromatic heterocycles. The normalized spacial score (nSPS) is 12.2. The number of nitrogens with one attached hydrogen (secondary N) is 1. The van der Waals surface area contributed by atoms with Gasteiger partial charge in [0.05, 0.1) is 16.1 Å². The highest BCUT2D eigenvalue weighted by Crippen LogP contribution is 2.27. The molecule has 1 unspecified atom stereocenters. The Morgan fingerprint density at radius 2 is 2.14 bits per heavy atom. The molecule has 0 aliphatic carbocycles. The van der Waals surface area contributed by atoms with Crippen molar-refractivity contribution in [1.29, 1.82) is 0 Å². The number of carbonyl (C=O) groups excluding carboxylic acids is 1. The van der Waals surface area contributed by atoms with Crippen LogP contribution in [0.5, 0.6) is 0 Å². The summed E-state index contributed by atoms with van der Waals surface area (Å²) in [6.07, 6.45) is 2.97. The van der Waals surface area contributed by atoms with Gasteiger partial charge in [-0.1, -0.05) is 42.6 Å². The van der Waals surface area contributed by atoms with Crippen molar-refractivity contribution in [3.63, 3.8) is 0 Å². The molecule has 1 amide bonds. The monoisotopic (exact) mass is 326 g/mol. The largest absolute Gasteiger partial charge is 0.448 e. The number of oxazole rings is 1. The number of rotatable bonds is 5. The Labute approximate surface area is 133 Å². The second-order valence-corrected chi connectivity index (χ2v) is 5.56. The lowest BCUT2D eigenvalue weighted by Crippen LogP contribution is -2.29. The molecule has 21 heavy (non-hydrogen) atoms. The first-order valence-electron chi connectivity index (χ1n) is 6.68. The molecule has 1 aromatic carbocycles. The van der Waals surface area contributed by atoms with Gasteiger partial charge in [-0.15, -0.1) is 0 Å². The molecule has 0 aliphatic rings. The molecule has 0 saturated heterocycles. The molecule has 6 heteroatoms. The maximum absolute atomic E-state index is 12.2. The second kappa shape index (κ2) is 6.96. The highest BCUT2D eigenvalue weighted by atomic mass is 35.5. The molecule has 0 saturated carbocycles. The summed E-state index contributed by atoms with van der Waals surface area (Å²) in [7, 11) is 0. The van der Waals surface area contributed by atoms with Crippen LogP contribution < -0.4 is 5.32 Å². The van der Waals surface area contributed by atoms with E-state index >= 15 is 0 Å². The zero-order chi connectivity index (χ0) is 15.4. The van der Waals surface area contributed by atoms with Gasteiger partial charge >= 0.3 is 0 Å². The van der Waals surface area contributed by atoms with E-state index in [1.807, 2.05) is 6.07 Å². The van der Waals surface area contributed by atoms with Crippen LogP contribution in [0, 0.1) is 6.92 Å². The summed E-state index contributed by atoms with van der Waals surface area (Å²) in [5.74, 6) is 0.239. The Kier molecular flexibility index (Phi) is 5.26. The van der Waals surface area contributed by atoms with Crippen LogP contribution in [0.3, 0.4) is 0 Å². The van der Waals surface area contributed by atoms with Gasteiger partial charge in [-0.2, -0.15) is 0 Å². The topological polar surface area (TPSA) is 55.1 Å². The lowest BCUT2D eigenvalue weighted by Gasteiger charge is -2.18. The number of halogens is 2. The van der Waals surface area contributed by atoms with Crippen LogP contribution in [0.15, 0.2) is 29.0 Å². The van der Waals surface area contributed by atoms with Gasteiger partial charge in [0.1, 0.15) is 5.76 Å². The van der Waals surface area contributed by atoms with Crippen molar-refractivity contribution in [3.8, 4) is 0 Å². The molecule has 1 atom stereocenters. The fraction of sp³-hybridized carbons (Fsp3) is 0.333. The van der Waals surface area contributed by atoms with Gasteiger partial charge in [-0.3, -0.25) is 4.79 Å². The van der Waals surface area contributed by atoms with Crippen molar-refractivity contribution in [1.82, 2.24) is 10.3 Å². The quantitative estimate of drug-likeness (QED) is 0.876. The van der Waals surface area contributed by atoms with Crippen molar-refractivity contribution in [2.24, 2.45) is 0 Å². The smallest absolute Gasteiger partial charge is 0.274 e. The zero-order valence-corrected chi connectivity index (χ0v) is 13.3. The molecule has 0 radical (unpaired) electrons. The average Bonchev–Trinajstić information content (AvgIpc) is 2.87. The summed E-state index contributed by atoms with van der Waals surface area (Å²) in [5.41, 5.74) is 1.22. The Hall–Kier alpha value is -1.52. The van der Waals surface area contributed by atoms with Gasteiger partial charge in [0.25, 0.3) is 5.91 Å². The first-order valence-corrected chi connectivity index (χ1v) is 7.44. The molecule has 112 valence electrons. The lowest BCUT2D eigenvalue weighted by atomic mass is 10.0.